The van der Waals surface area contributed by atoms with Crippen LogP contribution in [0.3, 0.4) is 0 Å². The zero-order valence-corrected chi connectivity index (χ0v) is 22.8. The second-order valence-electron chi connectivity index (χ2n) is 8.58. The summed E-state index contributed by atoms with van der Waals surface area (Å²) in [7, 11) is 4.23. The average Bonchev–Trinajstić information content (AvgIpc) is 2.78. The number of hydrogen-bond acceptors (Lipinski definition) is 5. The zero-order chi connectivity index (χ0) is 25.4. The number of hydrogen-bond donors (Lipinski definition) is 1. The molecule has 0 spiro atoms. The number of carbonyl (C=O) groups is 1. The summed E-state index contributed by atoms with van der Waals surface area (Å²) in [5.41, 5.74) is 3.14. The first kappa shape index (κ1) is 27.2. The van der Waals surface area contributed by atoms with Gasteiger partial charge in [-0.3, -0.25) is 5.32 Å². The van der Waals surface area contributed by atoms with Gasteiger partial charge in [0, 0.05) is 32.1 Å². The molecule has 4 rings (SSSR count). The van der Waals surface area contributed by atoms with Crippen LogP contribution in [0.15, 0.2) is 76.5 Å². The van der Waals surface area contributed by atoms with Gasteiger partial charge < -0.3 is 14.5 Å². The van der Waals surface area contributed by atoms with Crippen LogP contribution in [0.1, 0.15) is 20.3 Å². The van der Waals surface area contributed by atoms with Gasteiger partial charge in [0.15, 0.2) is 0 Å². The molecule has 0 unspecified atom stereocenters. The van der Waals surface area contributed by atoms with Crippen molar-refractivity contribution in [3.63, 3.8) is 0 Å². The van der Waals surface area contributed by atoms with E-state index >= 15 is 0 Å². The maximum Gasteiger partial charge on any atom is 0.411 e. The SMILES string of the molecule is CC(C)OC(=O)Nc1cccc(Cl)c1.CN(C)CCCN1c2ccccc2Sc2ccc(Cl)cc21. The standard InChI is InChI=1S/C17H19ClN2S.C10H12ClNO2/c1-19(2)10-5-11-20-14-6-3-4-7-16(14)21-17-9-8-13(18)12-15(17)20;1-7(2)14-10(13)12-9-5-3-4-8(11)6-9/h3-4,6-9,12H,5,10-11H2,1-2H3;3-7H,1-2H3,(H,12,13). The van der Waals surface area contributed by atoms with E-state index in [4.69, 9.17) is 27.9 Å². The number of para-hydroxylation sites is 1. The Morgan fingerprint density at radius 1 is 0.971 bits per heavy atom. The molecule has 0 saturated carbocycles. The van der Waals surface area contributed by atoms with Gasteiger partial charge in [0.25, 0.3) is 0 Å². The predicted octanol–water partition coefficient (Wildman–Crippen LogP) is 8.19. The van der Waals surface area contributed by atoms with Crippen molar-refractivity contribution in [1.29, 1.82) is 0 Å². The molecular formula is C27H31Cl2N3O2S. The molecule has 1 aliphatic rings. The zero-order valence-electron chi connectivity index (χ0n) is 20.4. The van der Waals surface area contributed by atoms with E-state index in [0.29, 0.717) is 10.7 Å². The van der Waals surface area contributed by atoms with E-state index < -0.39 is 6.09 Å². The monoisotopic (exact) mass is 531 g/mol. The highest BCUT2D eigenvalue weighted by Gasteiger charge is 2.23. The molecule has 5 nitrogen and oxygen atoms in total. The van der Waals surface area contributed by atoms with Crippen LogP contribution in [-0.2, 0) is 4.74 Å². The molecule has 35 heavy (non-hydrogen) atoms. The predicted molar refractivity (Wildman–Crippen MR) is 149 cm³/mol. The number of nitrogens with zero attached hydrogens (tertiary/aromatic N) is 2. The summed E-state index contributed by atoms with van der Waals surface area (Å²) in [6.45, 7) is 5.67. The van der Waals surface area contributed by atoms with Crippen LogP contribution >= 0.6 is 35.0 Å². The number of halogens is 2. The molecule has 0 aliphatic carbocycles. The summed E-state index contributed by atoms with van der Waals surface area (Å²) in [5, 5.41) is 3.94. The number of nitrogens with one attached hydrogen (secondary N) is 1. The fraction of sp³-hybridized carbons (Fsp3) is 0.296. The molecule has 186 valence electrons. The Hall–Kier alpha value is -2.38. The molecule has 1 heterocycles. The largest absolute Gasteiger partial charge is 0.447 e. The highest BCUT2D eigenvalue weighted by molar-refractivity contribution is 7.99. The van der Waals surface area contributed by atoms with Crippen LogP contribution in [0.25, 0.3) is 0 Å². The van der Waals surface area contributed by atoms with Gasteiger partial charge >= 0.3 is 6.09 Å². The molecule has 0 radical (unpaired) electrons. The number of carbonyl (C=O) groups excluding carboxylic acids is 1. The molecule has 1 aliphatic heterocycles. The van der Waals surface area contributed by atoms with Crippen LogP contribution < -0.4 is 10.2 Å². The number of amides is 1. The lowest BCUT2D eigenvalue weighted by Gasteiger charge is -2.33. The molecule has 1 amide bonds. The van der Waals surface area contributed by atoms with Crippen molar-refractivity contribution in [2.45, 2.75) is 36.2 Å². The van der Waals surface area contributed by atoms with Crippen LogP contribution in [0, 0.1) is 0 Å². The highest BCUT2D eigenvalue weighted by Crippen LogP contribution is 2.48. The third-order valence-electron chi connectivity index (χ3n) is 4.99. The smallest absolute Gasteiger partial charge is 0.411 e. The summed E-state index contributed by atoms with van der Waals surface area (Å²) >= 11 is 13.8. The van der Waals surface area contributed by atoms with Crippen molar-refractivity contribution >= 4 is 58.1 Å². The number of ether oxygens (including phenoxy) is 1. The van der Waals surface area contributed by atoms with Gasteiger partial charge in [0.1, 0.15) is 0 Å². The fourth-order valence-electron chi connectivity index (χ4n) is 3.52. The van der Waals surface area contributed by atoms with Crippen molar-refractivity contribution in [1.82, 2.24) is 4.90 Å². The van der Waals surface area contributed by atoms with Crippen molar-refractivity contribution in [2.75, 3.05) is 37.4 Å². The van der Waals surface area contributed by atoms with Gasteiger partial charge in [-0.15, -0.1) is 0 Å². The van der Waals surface area contributed by atoms with Gasteiger partial charge in [-0.05, 0) is 89.4 Å². The van der Waals surface area contributed by atoms with Crippen molar-refractivity contribution in [3.05, 3.63) is 76.8 Å². The summed E-state index contributed by atoms with van der Waals surface area (Å²) < 4.78 is 4.90. The summed E-state index contributed by atoms with van der Waals surface area (Å²) in [5.74, 6) is 0. The summed E-state index contributed by atoms with van der Waals surface area (Å²) in [4.78, 5) is 18.4. The Labute approximate surface area is 222 Å². The lowest BCUT2D eigenvalue weighted by Crippen LogP contribution is -2.25. The van der Waals surface area contributed by atoms with Gasteiger partial charge in [0.2, 0.25) is 0 Å². The molecule has 1 N–H and O–H groups in total. The van der Waals surface area contributed by atoms with E-state index in [9.17, 15) is 4.79 Å². The maximum absolute atomic E-state index is 11.2. The molecule has 8 heteroatoms. The van der Waals surface area contributed by atoms with E-state index in [1.165, 1.54) is 21.2 Å². The molecule has 3 aromatic carbocycles. The van der Waals surface area contributed by atoms with E-state index in [1.807, 2.05) is 17.8 Å². The van der Waals surface area contributed by atoms with Crippen LogP contribution in [0.4, 0.5) is 21.9 Å². The first-order chi connectivity index (χ1) is 16.7. The van der Waals surface area contributed by atoms with Crippen LogP contribution in [0.2, 0.25) is 10.0 Å². The van der Waals surface area contributed by atoms with Crippen LogP contribution in [0.5, 0.6) is 0 Å². The molecule has 0 bridgehead atoms. The van der Waals surface area contributed by atoms with Gasteiger partial charge in [-0.1, -0.05) is 53.2 Å². The van der Waals surface area contributed by atoms with E-state index in [1.54, 1.807) is 38.1 Å². The molecule has 0 saturated heterocycles. The minimum atomic E-state index is -0.470. The summed E-state index contributed by atoms with van der Waals surface area (Å²) in [6.07, 6.45) is 0.522. The second kappa shape index (κ2) is 13.1. The normalized spacial score (nSPS) is 11.9. The quantitative estimate of drug-likeness (QED) is 0.347. The Morgan fingerprint density at radius 2 is 1.69 bits per heavy atom. The van der Waals surface area contributed by atoms with Crippen molar-refractivity contribution < 1.29 is 9.53 Å². The molecule has 0 fully saturated rings. The van der Waals surface area contributed by atoms with Crippen molar-refractivity contribution in [2.24, 2.45) is 0 Å². The molecular weight excluding hydrogens is 501 g/mol. The second-order valence-corrected chi connectivity index (χ2v) is 10.5. The topological polar surface area (TPSA) is 44.8 Å². The Balaban J connectivity index is 0.000000214. The van der Waals surface area contributed by atoms with Gasteiger partial charge in [-0.25, -0.2) is 4.79 Å². The number of benzene rings is 3. The maximum atomic E-state index is 11.2. The molecule has 0 atom stereocenters. The minimum absolute atomic E-state index is 0.130. The average molecular weight is 533 g/mol. The van der Waals surface area contributed by atoms with Crippen molar-refractivity contribution in [3.8, 4) is 0 Å². The summed E-state index contributed by atoms with van der Waals surface area (Å²) in [6, 6.07) is 21.7. The number of fused-ring (bicyclic) bond motifs is 2. The third-order valence-corrected chi connectivity index (χ3v) is 6.59. The van der Waals surface area contributed by atoms with Gasteiger partial charge in [-0.2, -0.15) is 0 Å². The first-order valence-electron chi connectivity index (χ1n) is 11.4. The lowest BCUT2D eigenvalue weighted by atomic mass is 10.2. The number of rotatable bonds is 6. The Bertz CT molecular complexity index is 1140. The lowest BCUT2D eigenvalue weighted by molar-refractivity contribution is 0.130. The van der Waals surface area contributed by atoms with Crippen LogP contribution in [-0.4, -0.2) is 44.3 Å². The van der Waals surface area contributed by atoms with Gasteiger partial charge in [0.05, 0.1) is 17.5 Å². The molecule has 3 aromatic rings. The Kier molecular flexibility index (Phi) is 10.2. The van der Waals surface area contributed by atoms with E-state index in [2.05, 4.69) is 65.6 Å². The first-order valence-corrected chi connectivity index (χ1v) is 13.0. The third kappa shape index (κ3) is 8.36. The number of anilines is 3. The highest BCUT2D eigenvalue weighted by atomic mass is 35.5. The molecule has 0 aromatic heterocycles. The van der Waals surface area contributed by atoms with E-state index in [0.717, 1.165) is 24.5 Å². The minimum Gasteiger partial charge on any atom is -0.447 e. The fourth-order valence-corrected chi connectivity index (χ4v) is 4.95. The van der Waals surface area contributed by atoms with E-state index in [-0.39, 0.29) is 6.10 Å². The Morgan fingerprint density at radius 3 is 2.40 bits per heavy atom.